The smallest absolute Gasteiger partial charge is 0.0554 e. The lowest BCUT2D eigenvalue weighted by atomic mass is 9.43. The first-order chi connectivity index (χ1) is 25.0. The van der Waals surface area contributed by atoms with Crippen LogP contribution in [0.25, 0.3) is 42.4 Å². The van der Waals surface area contributed by atoms with E-state index in [2.05, 4.69) is 146 Å². The van der Waals surface area contributed by atoms with Crippen molar-refractivity contribution in [1.82, 2.24) is 0 Å². The largest absolute Gasteiger partial charge is 0.310 e. The van der Waals surface area contributed by atoms with Crippen LogP contribution in [-0.4, -0.2) is 0 Å². The molecule has 2 heteroatoms. The first-order valence-electron chi connectivity index (χ1n) is 19.2. The number of fused-ring (bicyclic) bond motifs is 9. The van der Waals surface area contributed by atoms with Gasteiger partial charge in [0.15, 0.2) is 0 Å². The molecule has 13 rings (SSSR count). The highest BCUT2D eigenvalue weighted by atomic mass is 32.1. The maximum Gasteiger partial charge on any atom is 0.0554 e. The van der Waals surface area contributed by atoms with Crippen molar-refractivity contribution in [3.8, 4) is 22.3 Å². The van der Waals surface area contributed by atoms with Gasteiger partial charge in [-0.2, -0.15) is 0 Å². The van der Waals surface area contributed by atoms with Crippen molar-refractivity contribution in [2.24, 2.45) is 23.7 Å². The van der Waals surface area contributed by atoms with Crippen LogP contribution in [0.5, 0.6) is 0 Å². The van der Waals surface area contributed by atoms with E-state index in [1.165, 1.54) is 103 Å². The van der Waals surface area contributed by atoms with Gasteiger partial charge in [0.2, 0.25) is 0 Å². The number of benzene rings is 6. The molecule has 4 bridgehead atoms. The maximum absolute atomic E-state index is 2.66. The molecule has 4 fully saturated rings. The highest BCUT2D eigenvalue weighted by Gasteiger charge is 2.61. The third-order valence-corrected chi connectivity index (χ3v) is 15.4. The SMILES string of the molecule is CC1(C)c2ccccc2-c2ccc(N(c3ccc4c(c3)C3(c5ccccc5-4)C4CC5CC(C4)CC3C5)c3cccc4sc5ccccc5c34)cc21. The van der Waals surface area contributed by atoms with Crippen molar-refractivity contribution < 1.29 is 0 Å². The summed E-state index contributed by atoms with van der Waals surface area (Å²) in [5, 5.41) is 2.70. The Morgan fingerprint density at radius 3 is 1.82 bits per heavy atom. The van der Waals surface area contributed by atoms with E-state index in [4.69, 9.17) is 0 Å². The minimum Gasteiger partial charge on any atom is -0.310 e. The second-order valence-electron chi connectivity index (χ2n) is 16.9. The van der Waals surface area contributed by atoms with E-state index in [1.807, 2.05) is 11.3 Å². The van der Waals surface area contributed by atoms with Gasteiger partial charge >= 0.3 is 0 Å². The Kier molecular flexibility index (Phi) is 5.69. The molecule has 6 aliphatic rings. The fourth-order valence-corrected chi connectivity index (χ4v) is 13.6. The molecular formula is C49H41NS. The average Bonchev–Trinajstić information content (AvgIpc) is 3.75. The Hall–Kier alpha value is -4.66. The van der Waals surface area contributed by atoms with E-state index < -0.39 is 0 Å². The summed E-state index contributed by atoms with van der Waals surface area (Å²) in [6.07, 6.45) is 7.07. The number of hydrogen-bond donors (Lipinski definition) is 0. The van der Waals surface area contributed by atoms with E-state index in [1.54, 1.807) is 11.1 Å². The van der Waals surface area contributed by atoms with E-state index in [-0.39, 0.29) is 10.8 Å². The van der Waals surface area contributed by atoms with Crippen molar-refractivity contribution in [2.75, 3.05) is 4.90 Å². The third kappa shape index (κ3) is 3.67. The normalized spacial score (nSPS) is 25.7. The van der Waals surface area contributed by atoms with Crippen molar-refractivity contribution >= 4 is 48.6 Å². The van der Waals surface area contributed by atoms with Gasteiger partial charge in [0.1, 0.15) is 0 Å². The molecular weight excluding hydrogens is 635 g/mol. The topological polar surface area (TPSA) is 3.24 Å². The van der Waals surface area contributed by atoms with E-state index in [0.717, 1.165) is 23.7 Å². The number of rotatable bonds is 3. The molecule has 1 nitrogen and oxygen atoms in total. The molecule has 0 N–H and O–H groups in total. The average molecular weight is 676 g/mol. The molecule has 0 atom stereocenters. The Morgan fingerprint density at radius 1 is 0.510 bits per heavy atom. The van der Waals surface area contributed by atoms with Gasteiger partial charge in [0.25, 0.3) is 0 Å². The quantitative estimate of drug-likeness (QED) is 0.180. The molecule has 0 amide bonds. The van der Waals surface area contributed by atoms with Crippen LogP contribution in [0.2, 0.25) is 0 Å². The van der Waals surface area contributed by atoms with Crippen LogP contribution < -0.4 is 4.90 Å². The predicted octanol–water partition coefficient (Wildman–Crippen LogP) is 13.6. The summed E-state index contributed by atoms with van der Waals surface area (Å²) in [6, 6.07) is 49.4. The standard InChI is InChI=1S/C49H41NS/c1-48(2)40-13-6-3-10-35(40)37-20-18-33(27-42(37)48)50(44-15-9-17-46-47(44)39-12-5-8-16-45(39)51-46)34-19-21-38-36-11-4-7-14-41(36)49(43(38)28-34)31-23-29-22-30(25-31)26-32(49)24-29/h3-21,27-32H,22-26H2,1-2H3. The van der Waals surface area contributed by atoms with Gasteiger partial charge in [-0.15, -0.1) is 11.3 Å². The zero-order valence-corrected chi connectivity index (χ0v) is 30.1. The lowest BCUT2D eigenvalue weighted by Gasteiger charge is -2.61. The molecule has 51 heavy (non-hydrogen) atoms. The first-order valence-corrected chi connectivity index (χ1v) is 20.0. The second-order valence-corrected chi connectivity index (χ2v) is 18.0. The number of thiophene rings is 1. The summed E-state index contributed by atoms with van der Waals surface area (Å²) in [6.45, 7) is 4.81. The monoisotopic (exact) mass is 675 g/mol. The van der Waals surface area contributed by atoms with Gasteiger partial charge < -0.3 is 4.90 Å². The molecule has 248 valence electrons. The van der Waals surface area contributed by atoms with Gasteiger partial charge in [-0.05, 0) is 143 Å². The molecule has 0 unspecified atom stereocenters. The third-order valence-electron chi connectivity index (χ3n) is 14.2. The van der Waals surface area contributed by atoms with Gasteiger partial charge in [-0.1, -0.05) is 98.8 Å². The molecule has 1 heterocycles. The predicted molar refractivity (Wildman–Crippen MR) is 215 cm³/mol. The molecule has 0 aliphatic heterocycles. The van der Waals surface area contributed by atoms with Crippen LogP contribution in [0.15, 0.2) is 127 Å². The van der Waals surface area contributed by atoms with Crippen LogP contribution in [0.1, 0.15) is 68.2 Å². The van der Waals surface area contributed by atoms with Gasteiger partial charge in [0.05, 0.1) is 5.69 Å². The molecule has 6 aromatic carbocycles. The fraction of sp³-hybridized carbons (Fsp3) is 0.265. The van der Waals surface area contributed by atoms with Gasteiger partial charge in [0, 0.05) is 42.4 Å². The first kappa shape index (κ1) is 29.0. The van der Waals surface area contributed by atoms with Crippen LogP contribution in [0, 0.1) is 23.7 Å². The summed E-state index contributed by atoms with van der Waals surface area (Å²) in [4.78, 5) is 2.62. The minimum atomic E-state index is -0.0707. The van der Waals surface area contributed by atoms with Crippen LogP contribution in [0.4, 0.5) is 17.1 Å². The summed E-state index contributed by atoms with van der Waals surface area (Å²) in [5.41, 5.74) is 15.6. The molecule has 1 spiro atoms. The summed E-state index contributed by atoms with van der Waals surface area (Å²) in [5.74, 6) is 3.33. The lowest BCUT2D eigenvalue weighted by molar-refractivity contribution is -0.0399. The Bertz CT molecular complexity index is 2570. The Morgan fingerprint density at radius 2 is 1.08 bits per heavy atom. The lowest BCUT2D eigenvalue weighted by Crippen LogP contribution is -2.55. The van der Waals surface area contributed by atoms with Crippen molar-refractivity contribution in [1.29, 1.82) is 0 Å². The number of hydrogen-bond acceptors (Lipinski definition) is 2. The highest BCUT2D eigenvalue weighted by molar-refractivity contribution is 7.26. The second kappa shape index (κ2) is 10.0. The maximum atomic E-state index is 2.66. The Labute approximate surface area is 304 Å². The molecule has 7 aromatic rings. The van der Waals surface area contributed by atoms with Crippen molar-refractivity contribution in [3.63, 3.8) is 0 Å². The van der Waals surface area contributed by atoms with Crippen LogP contribution in [0.3, 0.4) is 0 Å². The van der Waals surface area contributed by atoms with Crippen LogP contribution >= 0.6 is 11.3 Å². The number of nitrogens with zero attached hydrogens (tertiary/aromatic N) is 1. The zero-order chi connectivity index (χ0) is 33.6. The van der Waals surface area contributed by atoms with Gasteiger partial charge in [-0.25, -0.2) is 0 Å². The summed E-state index contributed by atoms with van der Waals surface area (Å²) >= 11 is 1.91. The van der Waals surface area contributed by atoms with Crippen molar-refractivity contribution in [3.05, 3.63) is 150 Å². The fourth-order valence-electron chi connectivity index (χ4n) is 12.5. The summed E-state index contributed by atoms with van der Waals surface area (Å²) in [7, 11) is 0. The molecule has 4 saturated carbocycles. The van der Waals surface area contributed by atoms with Gasteiger partial charge in [-0.3, -0.25) is 0 Å². The summed E-state index contributed by atoms with van der Waals surface area (Å²) < 4.78 is 2.70. The van der Waals surface area contributed by atoms with E-state index in [0.29, 0.717) is 0 Å². The molecule has 1 aromatic heterocycles. The molecule has 0 radical (unpaired) electrons. The van der Waals surface area contributed by atoms with E-state index >= 15 is 0 Å². The van der Waals surface area contributed by atoms with E-state index in [9.17, 15) is 0 Å². The molecule has 0 saturated heterocycles. The molecule has 6 aliphatic carbocycles. The minimum absolute atomic E-state index is 0.0707. The zero-order valence-electron chi connectivity index (χ0n) is 29.3. The Balaban J connectivity index is 1.12. The number of anilines is 3. The van der Waals surface area contributed by atoms with Crippen molar-refractivity contribution in [2.45, 2.75) is 56.8 Å². The highest BCUT2D eigenvalue weighted by Crippen LogP contribution is 2.69. The van der Waals surface area contributed by atoms with Crippen LogP contribution in [-0.2, 0) is 10.8 Å².